The highest BCUT2D eigenvalue weighted by Gasteiger charge is 2.16. The van der Waals surface area contributed by atoms with E-state index in [1.165, 1.54) is 34.4 Å². The Hall–Kier alpha value is -2.76. The van der Waals surface area contributed by atoms with Crippen LogP contribution in [-0.4, -0.2) is 40.1 Å². The van der Waals surface area contributed by atoms with E-state index in [1.807, 2.05) is 19.2 Å². The molecule has 0 bridgehead atoms. The molecule has 0 saturated heterocycles. The Kier molecular flexibility index (Phi) is 7.55. The quantitative estimate of drug-likeness (QED) is 0.387. The lowest BCUT2D eigenvalue weighted by molar-refractivity contribution is -0.119. The molecule has 2 N–H and O–H groups in total. The van der Waals surface area contributed by atoms with Crippen molar-refractivity contribution in [2.75, 3.05) is 23.0 Å². The van der Waals surface area contributed by atoms with E-state index < -0.39 is 18.5 Å². The van der Waals surface area contributed by atoms with E-state index in [4.69, 9.17) is 4.74 Å². The van der Waals surface area contributed by atoms with Crippen LogP contribution in [0.1, 0.15) is 21.7 Å². The Morgan fingerprint density at radius 3 is 2.17 bits per heavy atom. The number of thioether (sulfide) groups is 1. The van der Waals surface area contributed by atoms with Gasteiger partial charge in [-0.2, -0.15) is 0 Å². The van der Waals surface area contributed by atoms with Crippen molar-refractivity contribution in [2.24, 2.45) is 0 Å². The first-order valence-electron chi connectivity index (χ1n) is 8.73. The highest BCUT2D eigenvalue weighted by Crippen LogP contribution is 2.24. The average Bonchev–Trinajstić information content (AvgIpc) is 3.32. The number of rotatable bonds is 8. The number of thiazole rings is 2. The van der Waals surface area contributed by atoms with Crippen LogP contribution in [0.2, 0.25) is 0 Å². The third kappa shape index (κ3) is 6.37. The molecule has 30 heavy (non-hydrogen) atoms. The van der Waals surface area contributed by atoms with Gasteiger partial charge in [-0.05, 0) is 26.0 Å². The number of amides is 2. The van der Waals surface area contributed by atoms with Gasteiger partial charge in [-0.25, -0.2) is 14.8 Å². The lowest BCUT2D eigenvalue weighted by atomic mass is 10.2. The van der Waals surface area contributed by atoms with Crippen LogP contribution in [0.25, 0.3) is 0 Å². The SMILES string of the molecule is Cc1csc(NC(=O)COC(=O)c2ccccc2SCC(=O)Nc2nc(C)cs2)n1. The summed E-state index contributed by atoms with van der Waals surface area (Å²) >= 11 is 3.85. The van der Waals surface area contributed by atoms with E-state index in [0.717, 1.165) is 11.4 Å². The largest absolute Gasteiger partial charge is 0.452 e. The summed E-state index contributed by atoms with van der Waals surface area (Å²) in [5.41, 5.74) is 1.93. The normalized spacial score (nSPS) is 10.5. The maximum absolute atomic E-state index is 12.4. The minimum atomic E-state index is -0.639. The maximum Gasteiger partial charge on any atom is 0.339 e. The van der Waals surface area contributed by atoms with Crippen molar-refractivity contribution in [3.8, 4) is 0 Å². The summed E-state index contributed by atoms with van der Waals surface area (Å²) in [4.78, 5) is 45.4. The van der Waals surface area contributed by atoms with Crippen molar-refractivity contribution in [3.05, 3.63) is 52.0 Å². The number of anilines is 2. The fourth-order valence-corrected chi connectivity index (χ4v) is 4.50. The number of hydrogen-bond acceptors (Lipinski definition) is 9. The molecule has 0 aliphatic rings. The van der Waals surface area contributed by atoms with Crippen LogP contribution in [0.5, 0.6) is 0 Å². The van der Waals surface area contributed by atoms with Crippen LogP contribution in [0, 0.1) is 13.8 Å². The number of aryl methyl sites for hydroxylation is 2. The molecule has 0 atom stereocenters. The summed E-state index contributed by atoms with van der Waals surface area (Å²) in [6.45, 7) is 3.24. The van der Waals surface area contributed by atoms with Crippen LogP contribution in [-0.2, 0) is 14.3 Å². The van der Waals surface area contributed by atoms with Crippen LogP contribution >= 0.6 is 34.4 Å². The molecule has 2 amide bonds. The molecule has 0 saturated carbocycles. The lowest BCUT2D eigenvalue weighted by Crippen LogP contribution is -2.21. The van der Waals surface area contributed by atoms with E-state index in [-0.39, 0.29) is 11.7 Å². The molecule has 0 fully saturated rings. The molecular weight excluding hydrogens is 444 g/mol. The molecule has 0 unspecified atom stereocenters. The number of hydrogen-bond donors (Lipinski definition) is 2. The monoisotopic (exact) mass is 462 g/mol. The Labute approximate surface area is 185 Å². The maximum atomic E-state index is 12.4. The first kappa shape index (κ1) is 21.9. The fourth-order valence-electron chi connectivity index (χ4n) is 2.25. The average molecular weight is 463 g/mol. The third-order valence-electron chi connectivity index (χ3n) is 3.53. The van der Waals surface area contributed by atoms with Crippen LogP contribution < -0.4 is 10.6 Å². The molecule has 0 radical (unpaired) electrons. The fraction of sp³-hybridized carbons (Fsp3) is 0.211. The van der Waals surface area contributed by atoms with Gasteiger partial charge >= 0.3 is 5.97 Å². The van der Waals surface area contributed by atoms with Crippen molar-refractivity contribution >= 4 is 62.5 Å². The first-order chi connectivity index (χ1) is 14.4. The molecule has 3 aromatic rings. The van der Waals surface area contributed by atoms with Gasteiger partial charge in [0.05, 0.1) is 22.7 Å². The topological polar surface area (TPSA) is 110 Å². The van der Waals surface area contributed by atoms with Crippen molar-refractivity contribution < 1.29 is 19.1 Å². The van der Waals surface area contributed by atoms with Gasteiger partial charge in [0, 0.05) is 15.7 Å². The second-order valence-electron chi connectivity index (χ2n) is 6.05. The van der Waals surface area contributed by atoms with Crippen molar-refractivity contribution in [2.45, 2.75) is 18.7 Å². The summed E-state index contributed by atoms with van der Waals surface area (Å²) in [5, 5.41) is 9.94. The summed E-state index contributed by atoms with van der Waals surface area (Å²) in [6.07, 6.45) is 0. The number of esters is 1. The molecule has 11 heteroatoms. The predicted molar refractivity (Wildman–Crippen MR) is 118 cm³/mol. The summed E-state index contributed by atoms with van der Waals surface area (Å²) < 4.78 is 5.12. The molecule has 0 aliphatic carbocycles. The first-order valence-corrected chi connectivity index (χ1v) is 11.5. The Morgan fingerprint density at radius 1 is 0.967 bits per heavy atom. The van der Waals surface area contributed by atoms with Gasteiger partial charge in [-0.3, -0.25) is 14.9 Å². The molecule has 2 aromatic heterocycles. The van der Waals surface area contributed by atoms with E-state index in [2.05, 4.69) is 20.6 Å². The number of nitrogens with one attached hydrogen (secondary N) is 2. The molecule has 2 heterocycles. The van der Waals surface area contributed by atoms with Crippen LogP contribution in [0.15, 0.2) is 39.9 Å². The number of nitrogens with zero attached hydrogens (tertiary/aromatic N) is 2. The number of carbonyl (C=O) groups is 3. The molecule has 0 aliphatic heterocycles. The molecule has 1 aromatic carbocycles. The van der Waals surface area contributed by atoms with Crippen molar-refractivity contribution in [1.29, 1.82) is 0 Å². The van der Waals surface area contributed by atoms with Crippen LogP contribution in [0.4, 0.5) is 10.3 Å². The summed E-state index contributed by atoms with van der Waals surface area (Å²) in [7, 11) is 0. The van der Waals surface area contributed by atoms with Crippen LogP contribution in [0.3, 0.4) is 0 Å². The van der Waals surface area contributed by atoms with Gasteiger partial charge in [-0.1, -0.05) is 12.1 Å². The number of benzene rings is 1. The van der Waals surface area contributed by atoms with Gasteiger partial charge in [0.2, 0.25) is 5.91 Å². The third-order valence-corrected chi connectivity index (χ3v) is 6.36. The van der Waals surface area contributed by atoms with E-state index >= 15 is 0 Å². The molecule has 156 valence electrons. The Bertz CT molecular complexity index is 1060. The molecule has 8 nitrogen and oxygen atoms in total. The second kappa shape index (κ2) is 10.3. The highest BCUT2D eigenvalue weighted by molar-refractivity contribution is 8.00. The van der Waals surface area contributed by atoms with Gasteiger partial charge in [0.25, 0.3) is 5.91 Å². The standard InChI is InChI=1S/C19H18N4O4S3/c1-11-8-29-18(20-11)22-15(24)7-27-17(26)13-5-3-4-6-14(13)28-10-16(25)23-19-21-12(2)9-30-19/h3-6,8-9H,7,10H2,1-2H3,(H,20,22,24)(H,21,23,25). The molecule has 3 rings (SSSR count). The Balaban J connectivity index is 1.52. The number of ether oxygens (including phenoxy) is 1. The minimum absolute atomic E-state index is 0.104. The second-order valence-corrected chi connectivity index (χ2v) is 8.78. The number of carbonyl (C=O) groups excluding carboxylic acids is 3. The van der Waals surface area contributed by atoms with E-state index in [9.17, 15) is 14.4 Å². The van der Waals surface area contributed by atoms with Crippen molar-refractivity contribution in [1.82, 2.24) is 9.97 Å². The van der Waals surface area contributed by atoms with Gasteiger partial charge in [0.15, 0.2) is 16.9 Å². The van der Waals surface area contributed by atoms with E-state index in [0.29, 0.717) is 20.7 Å². The smallest absolute Gasteiger partial charge is 0.339 e. The number of aromatic nitrogens is 2. The minimum Gasteiger partial charge on any atom is -0.452 e. The zero-order valence-electron chi connectivity index (χ0n) is 16.1. The highest BCUT2D eigenvalue weighted by atomic mass is 32.2. The van der Waals surface area contributed by atoms with Gasteiger partial charge < -0.3 is 10.1 Å². The predicted octanol–water partition coefficient (Wildman–Crippen LogP) is 3.74. The van der Waals surface area contributed by atoms with Crippen molar-refractivity contribution in [3.63, 3.8) is 0 Å². The lowest BCUT2D eigenvalue weighted by Gasteiger charge is -2.09. The molecule has 0 spiro atoms. The van der Waals surface area contributed by atoms with Gasteiger partial charge in [-0.15, -0.1) is 34.4 Å². The molecular formula is C19H18N4O4S3. The van der Waals surface area contributed by atoms with Gasteiger partial charge in [0.1, 0.15) is 0 Å². The zero-order valence-corrected chi connectivity index (χ0v) is 18.6. The summed E-state index contributed by atoms with van der Waals surface area (Å²) in [6, 6.07) is 6.77. The zero-order chi connectivity index (χ0) is 21.5. The summed E-state index contributed by atoms with van der Waals surface area (Å²) in [5.74, 6) is -1.23. The van der Waals surface area contributed by atoms with E-state index in [1.54, 1.807) is 29.6 Å². The Morgan fingerprint density at radius 2 is 1.57 bits per heavy atom.